The fraction of sp³-hybridized carbons (Fsp3) is 0.368. The Kier molecular flexibility index (Phi) is 4.68. The Balaban J connectivity index is 2.13. The minimum Gasteiger partial charge on any atom is -0.261 e. The fourth-order valence-electron chi connectivity index (χ4n) is 3.41. The number of halogens is 2. The normalized spacial score (nSPS) is 23.3. The molecule has 0 bridgehead atoms. The summed E-state index contributed by atoms with van der Waals surface area (Å²) in [5.74, 6) is -0.870. The van der Waals surface area contributed by atoms with Gasteiger partial charge in [0.15, 0.2) is 0 Å². The summed E-state index contributed by atoms with van der Waals surface area (Å²) in [4.78, 5) is 0. The third-order valence-corrected chi connectivity index (χ3v) is 6.17. The second-order valence-corrected chi connectivity index (χ2v) is 8.48. The Hall–Kier alpha value is -1.79. The number of rotatable bonds is 4. The van der Waals surface area contributed by atoms with Gasteiger partial charge in [0.25, 0.3) is 10.1 Å². The molecule has 3 nitrogen and oxygen atoms in total. The van der Waals surface area contributed by atoms with Crippen LogP contribution in [0.15, 0.2) is 42.5 Å². The zero-order valence-corrected chi connectivity index (χ0v) is 14.9. The molecule has 0 aromatic heterocycles. The van der Waals surface area contributed by atoms with Gasteiger partial charge in [-0.25, -0.2) is 8.78 Å². The monoisotopic (exact) mass is 366 g/mol. The number of hydrogen-bond acceptors (Lipinski definition) is 3. The van der Waals surface area contributed by atoms with E-state index in [0.717, 1.165) is 11.1 Å². The molecule has 0 saturated heterocycles. The second-order valence-electron chi connectivity index (χ2n) is 6.59. The maximum atomic E-state index is 13.6. The lowest BCUT2D eigenvalue weighted by atomic mass is 9.67. The zero-order chi connectivity index (χ0) is 18.2. The van der Waals surface area contributed by atoms with Crippen molar-refractivity contribution in [3.8, 4) is 0 Å². The predicted octanol–water partition coefficient (Wildman–Crippen LogP) is 4.28. The van der Waals surface area contributed by atoms with Crippen LogP contribution >= 0.6 is 0 Å². The predicted molar refractivity (Wildman–Crippen MR) is 91.8 cm³/mol. The van der Waals surface area contributed by atoms with Crippen molar-refractivity contribution in [1.29, 1.82) is 0 Å². The number of fused-ring (bicyclic) bond motifs is 1. The Morgan fingerprint density at radius 3 is 2.40 bits per heavy atom. The first-order chi connectivity index (χ1) is 11.7. The van der Waals surface area contributed by atoms with Crippen LogP contribution in [0, 0.1) is 11.6 Å². The van der Waals surface area contributed by atoms with Crippen LogP contribution in [0.25, 0.3) is 0 Å². The topological polar surface area (TPSA) is 43.4 Å². The Morgan fingerprint density at radius 2 is 1.76 bits per heavy atom. The van der Waals surface area contributed by atoms with E-state index in [0.29, 0.717) is 18.4 Å². The first-order valence-electron chi connectivity index (χ1n) is 8.20. The van der Waals surface area contributed by atoms with E-state index >= 15 is 0 Å². The van der Waals surface area contributed by atoms with E-state index in [1.165, 1.54) is 31.2 Å². The molecule has 25 heavy (non-hydrogen) atoms. The van der Waals surface area contributed by atoms with Gasteiger partial charge in [0, 0.05) is 5.41 Å². The van der Waals surface area contributed by atoms with Crippen LogP contribution in [-0.2, 0) is 26.1 Å². The van der Waals surface area contributed by atoms with E-state index in [-0.39, 0.29) is 17.4 Å². The van der Waals surface area contributed by atoms with E-state index in [4.69, 9.17) is 4.18 Å². The van der Waals surface area contributed by atoms with Gasteiger partial charge in [0.1, 0.15) is 17.7 Å². The molecule has 2 aromatic carbocycles. The number of hydrogen-bond donors (Lipinski definition) is 0. The average Bonchev–Trinajstić information content (AvgIpc) is 2.58. The quantitative estimate of drug-likeness (QED) is 0.759. The summed E-state index contributed by atoms with van der Waals surface area (Å²) in [6, 6.07) is 10.3. The van der Waals surface area contributed by atoms with Crippen molar-refractivity contribution in [1.82, 2.24) is 0 Å². The van der Waals surface area contributed by atoms with Crippen LogP contribution in [0.4, 0.5) is 8.78 Å². The summed E-state index contributed by atoms with van der Waals surface area (Å²) in [6.07, 6.45) is 0.374. The Labute approximate surface area is 146 Å². The highest BCUT2D eigenvalue weighted by atomic mass is 32.2. The molecule has 0 N–H and O–H groups in total. The molecule has 2 atom stereocenters. The highest BCUT2D eigenvalue weighted by Crippen LogP contribution is 2.48. The Bertz CT molecular complexity index is 878. The van der Waals surface area contributed by atoms with Gasteiger partial charge in [-0.05, 0) is 60.7 Å². The first-order valence-corrected chi connectivity index (χ1v) is 9.78. The van der Waals surface area contributed by atoms with Gasteiger partial charge in [-0.3, -0.25) is 4.18 Å². The van der Waals surface area contributed by atoms with Crippen molar-refractivity contribution in [2.45, 2.75) is 38.2 Å². The SMILES string of the molecule is CCS(=O)(=O)O[C@H]1c2ccc(F)cc2CC[C@@]1(C)c1ccc(F)cc1. The summed E-state index contributed by atoms with van der Waals surface area (Å²) in [5, 5.41) is 0. The molecule has 0 saturated carbocycles. The van der Waals surface area contributed by atoms with Crippen molar-refractivity contribution >= 4 is 10.1 Å². The summed E-state index contributed by atoms with van der Waals surface area (Å²) in [7, 11) is -3.73. The van der Waals surface area contributed by atoms with Gasteiger partial charge in [-0.2, -0.15) is 8.42 Å². The lowest BCUT2D eigenvalue weighted by Gasteiger charge is -2.42. The molecule has 0 amide bonds. The fourth-order valence-corrected chi connectivity index (χ4v) is 4.16. The highest BCUT2D eigenvalue weighted by molar-refractivity contribution is 7.86. The second kappa shape index (κ2) is 6.50. The van der Waals surface area contributed by atoms with Crippen molar-refractivity contribution in [2.24, 2.45) is 0 Å². The summed E-state index contributed by atoms with van der Waals surface area (Å²) < 4.78 is 56.8. The molecule has 0 unspecified atom stereocenters. The maximum absolute atomic E-state index is 13.6. The molecular weight excluding hydrogens is 346 g/mol. The van der Waals surface area contributed by atoms with E-state index in [9.17, 15) is 17.2 Å². The van der Waals surface area contributed by atoms with Crippen molar-refractivity contribution in [3.05, 3.63) is 70.8 Å². The number of benzene rings is 2. The smallest absolute Gasteiger partial charge is 0.261 e. The lowest BCUT2D eigenvalue weighted by molar-refractivity contribution is 0.105. The van der Waals surface area contributed by atoms with Gasteiger partial charge < -0.3 is 0 Å². The molecule has 2 aromatic rings. The molecule has 0 radical (unpaired) electrons. The van der Waals surface area contributed by atoms with Crippen LogP contribution in [0.2, 0.25) is 0 Å². The van der Waals surface area contributed by atoms with Crippen LogP contribution in [0.5, 0.6) is 0 Å². The third-order valence-electron chi connectivity index (χ3n) is 4.98. The Morgan fingerprint density at radius 1 is 1.12 bits per heavy atom. The molecule has 134 valence electrons. The van der Waals surface area contributed by atoms with Crippen LogP contribution in [-0.4, -0.2) is 14.2 Å². The van der Waals surface area contributed by atoms with Crippen molar-refractivity contribution in [3.63, 3.8) is 0 Å². The van der Waals surface area contributed by atoms with E-state index in [1.807, 2.05) is 6.92 Å². The highest BCUT2D eigenvalue weighted by Gasteiger charge is 2.44. The molecule has 1 aliphatic carbocycles. The standard InChI is InChI=1S/C19H20F2O3S/c1-3-25(22,23)24-18-17-9-8-16(21)12-13(17)10-11-19(18,2)14-4-6-15(20)7-5-14/h4-9,12,18H,3,10-11H2,1-2H3/t18-,19-/m0/s1. The molecule has 0 spiro atoms. The van der Waals surface area contributed by atoms with E-state index in [1.54, 1.807) is 18.2 Å². The van der Waals surface area contributed by atoms with E-state index in [2.05, 4.69) is 0 Å². The van der Waals surface area contributed by atoms with E-state index < -0.39 is 21.6 Å². The zero-order valence-electron chi connectivity index (χ0n) is 14.1. The minimum atomic E-state index is -3.73. The lowest BCUT2D eigenvalue weighted by Crippen LogP contribution is -2.38. The van der Waals surface area contributed by atoms with Gasteiger partial charge >= 0.3 is 0 Å². The van der Waals surface area contributed by atoms with Crippen LogP contribution in [0.3, 0.4) is 0 Å². The maximum Gasteiger partial charge on any atom is 0.267 e. The van der Waals surface area contributed by atoms with Gasteiger partial charge in [-0.1, -0.05) is 25.1 Å². The number of aryl methyl sites for hydroxylation is 1. The molecule has 0 fully saturated rings. The molecule has 1 aliphatic rings. The summed E-state index contributed by atoms with van der Waals surface area (Å²) in [6.45, 7) is 3.42. The molecular formula is C19H20F2O3S. The largest absolute Gasteiger partial charge is 0.267 e. The molecule has 0 aliphatic heterocycles. The first kappa shape index (κ1) is 18.0. The van der Waals surface area contributed by atoms with Crippen molar-refractivity contribution in [2.75, 3.05) is 5.75 Å². The molecule has 6 heteroatoms. The summed E-state index contributed by atoms with van der Waals surface area (Å²) in [5.41, 5.74) is 1.54. The summed E-state index contributed by atoms with van der Waals surface area (Å²) >= 11 is 0. The average molecular weight is 366 g/mol. The van der Waals surface area contributed by atoms with Gasteiger partial charge in [-0.15, -0.1) is 0 Å². The van der Waals surface area contributed by atoms with Gasteiger partial charge in [0.2, 0.25) is 0 Å². The minimum absolute atomic E-state index is 0.153. The molecule has 0 heterocycles. The van der Waals surface area contributed by atoms with Crippen molar-refractivity contribution < 1.29 is 21.4 Å². The van der Waals surface area contributed by atoms with Crippen LogP contribution in [0.1, 0.15) is 43.1 Å². The third kappa shape index (κ3) is 3.46. The van der Waals surface area contributed by atoms with Gasteiger partial charge in [0.05, 0.1) is 5.75 Å². The molecule has 3 rings (SSSR count). The van der Waals surface area contributed by atoms with Crippen LogP contribution < -0.4 is 0 Å².